The molecule has 1 aromatic carbocycles. The molecule has 0 spiro atoms. The first-order valence-corrected chi connectivity index (χ1v) is 8.78. The second-order valence-corrected chi connectivity index (χ2v) is 7.36. The van der Waals surface area contributed by atoms with E-state index in [9.17, 15) is 18.0 Å². The lowest BCUT2D eigenvalue weighted by molar-refractivity contribution is -0.122. The molecular formula is C15H23N3O5S. The zero-order valence-electron chi connectivity index (χ0n) is 14.4. The van der Waals surface area contributed by atoms with Crippen molar-refractivity contribution in [1.82, 2.24) is 14.9 Å². The average Bonchev–Trinajstić information content (AvgIpc) is 2.54. The van der Waals surface area contributed by atoms with E-state index in [1.54, 1.807) is 13.8 Å². The Morgan fingerprint density at radius 1 is 1.29 bits per heavy atom. The van der Waals surface area contributed by atoms with Crippen molar-refractivity contribution >= 4 is 21.8 Å². The Balaban J connectivity index is 3.14. The predicted octanol–water partition coefficient (Wildman–Crippen LogP) is 0.200. The smallest absolute Gasteiger partial charge is 0.251 e. The highest BCUT2D eigenvalue weighted by Crippen LogP contribution is 2.26. The summed E-state index contributed by atoms with van der Waals surface area (Å²) in [5.41, 5.74) is 0.118. The highest BCUT2D eigenvalue weighted by Gasteiger charge is 2.24. The van der Waals surface area contributed by atoms with Gasteiger partial charge in [0, 0.05) is 26.2 Å². The van der Waals surface area contributed by atoms with Crippen molar-refractivity contribution in [1.29, 1.82) is 0 Å². The molecule has 1 aromatic rings. The Morgan fingerprint density at radius 2 is 1.92 bits per heavy atom. The van der Waals surface area contributed by atoms with Crippen LogP contribution in [-0.4, -0.2) is 58.3 Å². The van der Waals surface area contributed by atoms with Gasteiger partial charge < -0.3 is 15.4 Å². The quantitative estimate of drug-likeness (QED) is 0.725. The minimum absolute atomic E-state index is 0.117. The van der Waals surface area contributed by atoms with Crippen LogP contribution in [0.15, 0.2) is 23.1 Å². The van der Waals surface area contributed by atoms with Crippen molar-refractivity contribution in [2.75, 3.05) is 27.7 Å². The number of nitrogens with zero attached hydrogens (tertiary/aromatic N) is 1. The molecule has 134 valence electrons. The maximum atomic E-state index is 12.4. The Labute approximate surface area is 142 Å². The normalized spacial score (nSPS) is 12.6. The van der Waals surface area contributed by atoms with Gasteiger partial charge in [0.2, 0.25) is 15.9 Å². The van der Waals surface area contributed by atoms with Crippen molar-refractivity contribution in [3.8, 4) is 5.75 Å². The Kier molecular flexibility index (Phi) is 6.73. The molecule has 8 nitrogen and oxygen atoms in total. The largest absolute Gasteiger partial charge is 0.495 e. The zero-order chi connectivity index (χ0) is 18.5. The van der Waals surface area contributed by atoms with Crippen molar-refractivity contribution < 1.29 is 22.7 Å². The van der Waals surface area contributed by atoms with Crippen LogP contribution in [0, 0.1) is 0 Å². The Hall–Kier alpha value is -2.13. The SMILES string of the molecule is CCNC(=O)[C@H](C)NC(=O)c1ccc(OC)c(S(=O)(=O)N(C)C)c1. The van der Waals surface area contributed by atoms with Crippen LogP contribution < -0.4 is 15.4 Å². The van der Waals surface area contributed by atoms with Crippen molar-refractivity contribution in [2.24, 2.45) is 0 Å². The second kappa shape index (κ2) is 8.11. The average molecular weight is 357 g/mol. The van der Waals surface area contributed by atoms with Gasteiger partial charge in [0.15, 0.2) is 0 Å². The van der Waals surface area contributed by atoms with E-state index >= 15 is 0 Å². The third-order valence-corrected chi connectivity index (χ3v) is 5.11. The fourth-order valence-corrected chi connectivity index (χ4v) is 2.96. The molecule has 2 amide bonds. The molecule has 0 heterocycles. The van der Waals surface area contributed by atoms with Crippen molar-refractivity contribution in [3.63, 3.8) is 0 Å². The number of rotatable bonds is 7. The maximum absolute atomic E-state index is 12.4. The summed E-state index contributed by atoms with van der Waals surface area (Å²) in [6.45, 7) is 3.77. The second-order valence-electron chi connectivity index (χ2n) is 5.24. The first-order valence-electron chi connectivity index (χ1n) is 7.34. The summed E-state index contributed by atoms with van der Waals surface area (Å²) >= 11 is 0. The Morgan fingerprint density at radius 3 is 2.42 bits per heavy atom. The summed E-state index contributed by atoms with van der Waals surface area (Å²) in [4.78, 5) is 23.8. The number of nitrogens with one attached hydrogen (secondary N) is 2. The zero-order valence-corrected chi connectivity index (χ0v) is 15.2. The van der Waals surface area contributed by atoms with Gasteiger partial charge in [-0.2, -0.15) is 0 Å². The number of methoxy groups -OCH3 is 1. The molecule has 0 radical (unpaired) electrons. The van der Waals surface area contributed by atoms with E-state index in [0.717, 1.165) is 4.31 Å². The molecule has 0 aromatic heterocycles. The lowest BCUT2D eigenvalue weighted by atomic mass is 10.2. The minimum Gasteiger partial charge on any atom is -0.495 e. The molecule has 0 unspecified atom stereocenters. The third-order valence-electron chi connectivity index (χ3n) is 3.28. The topological polar surface area (TPSA) is 105 Å². The number of hydrogen-bond acceptors (Lipinski definition) is 5. The summed E-state index contributed by atoms with van der Waals surface area (Å²) in [6, 6.07) is 3.33. The van der Waals surface area contributed by atoms with Crippen LogP contribution in [-0.2, 0) is 14.8 Å². The molecule has 0 saturated heterocycles. The highest BCUT2D eigenvalue weighted by atomic mass is 32.2. The van der Waals surface area contributed by atoms with Crippen molar-refractivity contribution in [3.05, 3.63) is 23.8 Å². The lowest BCUT2D eigenvalue weighted by Gasteiger charge is -2.17. The van der Waals surface area contributed by atoms with Gasteiger partial charge in [0.1, 0.15) is 16.7 Å². The van der Waals surface area contributed by atoms with Gasteiger partial charge in [0.05, 0.1) is 7.11 Å². The summed E-state index contributed by atoms with van der Waals surface area (Å²) in [5, 5.41) is 5.12. The fraction of sp³-hybridized carbons (Fsp3) is 0.467. The number of carbonyl (C=O) groups excluding carboxylic acids is 2. The molecule has 0 bridgehead atoms. The third kappa shape index (κ3) is 4.45. The number of benzene rings is 1. The number of sulfonamides is 1. The van der Waals surface area contributed by atoms with Gasteiger partial charge in [-0.1, -0.05) is 0 Å². The first-order chi connectivity index (χ1) is 11.1. The molecule has 0 aliphatic heterocycles. The number of carbonyl (C=O) groups is 2. The van der Waals surface area contributed by atoms with Gasteiger partial charge in [-0.05, 0) is 32.0 Å². The summed E-state index contributed by atoms with van der Waals surface area (Å²) in [5.74, 6) is -0.732. The van der Waals surface area contributed by atoms with Gasteiger partial charge in [-0.3, -0.25) is 9.59 Å². The van der Waals surface area contributed by atoms with Crippen molar-refractivity contribution in [2.45, 2.75) is 24.8 Å². The molecule has 0 saturated carbocycles. The van der Waals surface area contributed by atoms with Gasteiger partial charge in [-0.15, -0.1) is 0 Å². The molecular weight excluding hydrogens is 334 g/mol. The number of ether oxygens (including phenoxy) is 1. The van der Waals surface area contributed by atoms with Crippen LogP contribution in [0.2, 0.25) is 0 Å². The van der Waals surface area contributed by atoms with Crippen LogP contribution in [0.25, 0.3) is 0 Å². The van der Waals surface area contributed by atoms with E-state index in [1.807, 2.05) is 0 Å². The van der Waals surface area contributed by atoms with Crippen LogP contribution in [0.1, 0.15) is 24.2 Å². The number of likely N-dealkylation sites (N-methyl/N-ethyl adjacent to an activating group) is 1. The summed E-state index contributed by atoms with van der Waals surface area (Å²) in [6.07, 6.45) is 0. The summed E-state index contributed by atoms with van der Waals surface area (Å²) < 4.78 is 30.8. The van der Waals surface area contributed by atoms with E-state index in [0.29, 0.717) is 6.54 Å². The van der Waals surface area contributed by atoms with Gasteiger partial charge in [-0.25, -0.2) is 12.7 Å². The predicted molar refractivity (Wildman–Crippen MR) is 89.5 cm³/mol. The van der Waals surface area contributed by atoms with E-state index in [-0.39, 0.29) is 22.1 Å². The molecule has 1 rings (SSSR count). The van der Waals surface area contributed by atoms with Crippen LogP contribution >= 0.6 is 0 Å². The van der Waals surface area contributed by atoms with Crippen LogP contribution in [0.5, 0.6) is 5.75 Å². The molecule has 0 aliphatic rings. The maximum Gasteiger partial charge on any atom is 0.251 e. The monoisotopic (exact) mass is 357 g/mol. The molecule has 24 heavy (non-hydrogen) atoms. The summed E-state index contributed by atoms with van der Waals surface area (Å²) in [7, 11) is 0.343. The van der Waals surface area contributed by atoms with Gasteiger partial charge >= 0.3 is 0 Å². The molecule has 9 heteroatoms. The van der Waals surface area contributed by atoms with Crippen LogP contribution in [0.4, 0.5) is 0 Å². The van der Waals surface area contributed by atoms with Crippen LogP contribution in [0.3, 0.4) is 0 Å². The lowest BCUT2D eigenvalue weighted by Crippen LogP contribution is -2.44. The standard InChI is InChI=1S/C15H23N3O5S/c1-6-16-14(19)10(2)17-15(20)11-7-8-12(23-5)13(9-11)24(21,22)18(3)4/h7-10H,6H2,1-5H3,(H,16,19)(H,17,20)/t10-/m0/s1. The minimum atomic E-state index is -3.78. The van der Waals surface area contributed by atoms with E-state index in [1.165, 1.54) is 39.4 Å². The van der Waals surface area contributed by atoms with Gasteiger partial charge in [0.25, 0.3) is 5.91 Å². The number of hydrogen-bond donors (Lipinski definition) is 2. The van der Waals surface area contributed by atoms with E-state index in [4.69, 9.17) is 4.74 Å². The molecule has 0 aliphatic carbocycles. The Bertz CT molecular complexity index is 716. The number of amides is 2. The molecule has 1 atom stereocenters. The highest BCUT2D eigenvalue weighted by molar-refractivity contribution is 7.89. The fourth-order valence-electron chi connectivity index (χ4n) is 1.89. The molecule has 2 N–H and O–H groups in total. The first kappa shape index (κ1) is 19.9. The van der Waals surface area contributed by atoms with E-state index in [2.05, 4.69) is 10.6 Å². The van der Waals surface area contributed by atoms with E-state index < -0.39 is 22.0 Å². The molecule has 0 fully saturated rings.